The first-order valence-electron chi connectivity index (χ1n) is 5.96. The van der Waals surface area contributed by atoms with Crippen molar-refractivity contribution in [1.82, 2.24) is 20.0 Å². The number of hydrogen-bond donors (Lipinski definition) is 4. The van der Waals surface area contributed by atoms with Gasteiger partial charge >= 0.3 is 0 Å². The van der Waals surface area contributed by atoms with Crippen molar-refractivity contribution in [2.75, 3.05) is 11.5 Å². The second-order valence-corrected chi connectivity index (χ2v) is 5.13. The number of nitrogens with two attached hydrogens (primary N) is 2. The van der Waals surface area contributed by atoms with Crippen LogP contribution in [0.3, 0.4) is 0 Å². The number of nitrogens with zero attached hydrogens (tertiary/aromatic N) is 3. The third-order valence-corrected chi connectivity index (χ3v) is 2.39. The number of nitrogens with one attached hydrogen (secondary N) is 1. The van der Waals surface area contributed by atoms with E-state index in [-0.39, 0.29) is 0 Å². The van der Waals surface area contributed by atoms with Crippen LogP contribution in [-0.4, -0.2) is 30.7 Å². The molecule has 0 fully saturated rings. The van der Waals surface area contributed by atoms with Crippen molar-refractivity contribution in [2.45, 2.75) is 39.8 Å². The predicted molar refractivity (Wildman–Crippen MR) is 75.4 cm³/mol. The molecule has 2 aromatic rings. The lowest BCUT2D eigenvalue weighted by molar-refractivity contribution is 0.0578. The van der Waals surface area contributed by atoms with Gasteiger partial charge in [0.05, 0.1) is 41.1 Å². The zero-order chi connectivity index (χ0) is 14.6. The Labute approximate surface area is 112 Å². The summed E-state index contributed by atoms with van der Waals surface area (Å²) >= 11 is 0. The molecular weight excluding hydrogens is 244 g/mol. The molecule has 0 saturated carbocycles. The zero-order valence-electron chi connectivity index (χ0n) is 11.8. The van der Waals surface area contributed by atoms with Crippen LogP contribution in [0.4, 0.5) is 11.4 Å². The number of aliphatic hydroxyl groups is 1. The minimum Gasteiger partial charge on any atom is -0.396 e. The lowest BCUT2D eigenvalue weighted by Gasteiger charge is -2.16. The highest BCUT2D eigenvalue weighted by atomic mass is 16.3. The maximum atomic E-state index is 9.38. The van der Waals surface area contributed by atoms with Crippen LogP contribution in [-0.2, 0) is 6.54 Å². The summed E-state index contributed by atoms with van der Waals surface area (Å²) in [7, 11) is 0. The molecule has 0 saturated heterocycles. The lowest BCUT2D eigenvalue weighted by atomic mass is 10.1. The summed E-state index contributed by atoms with van der Waals surface area (Å²) in [5.74, 6) is 0. The smallest absolute Gasteiger partial charge is 0.0823 e. The maximum Gasteiger partial charge on any atom is 0.0823 e. The van der Waals surface area contributed by atoms with Crippen molar-refractivity contribution in [3.8, 4) is 0 Å². The van der Waals surface area contributed by atoms with Gasteiger partial charge in [-0.15, -0.1) is 0 Å². The Kier molecular flexibility index (Phi) is 4.55. The largest absolute Gasteiger partial charge is 0.396 e. The number of aromatic amines is 1. The quantitative estimate of drug-likeness (QED) is 0.642. The molecule has 0 atom stereocenters. The number of aromatic nitrogens is 4. The van der Waals surface area contributed by atoms with E-state index in [9.17, 15) is 5.11 Å². The third kappa shape index (κ3) is 5.01. The first-order valence-corrected chi connectivity index (χ1v) is 5.96. The fraction of sp³-hybridized carbons (Fsp3) is 0.500. The van der Waals surface area contributed by atoms with Gasteiger partial charge in [0.2, 0.25) is 0 Å². The first kappa shape index (κ1) is 15.0. The summed E-state index contributed by atoms with van der Waals surface area (Å²) in [5, 5.41) is 19.9. The Balaban J connectivity index is 0.000000200. The van der Waals surface area contributed by atoms with Gasteiger partial charge in [0.1, 0.15) is 0 Å². The Morgan fingerprint density at radius 3 is 2.26 bits per heavy atom. The van der Waals surface area contributed by atoms with E-state index in [0.29, 0.717) is 12.2 Å². The molecule has 0 spiro atoms. The molecule has 6 N–H and O–H groups in total. The van der Waals surface area contributed by atoms with E-state index in [0.717, 1.165) is 17.1 Å². The topological polar surface area (TPSA) is 119 Å². The van der Waals surface area contributed by atoms with E-state index in [2.05, 4.69) is 15.3 Å². The Morgan fingerprint density at radius 2 is 2.00 bits per heavy atom. The Bertz CT molecular complexity index is 503. The van der Waals surface area contributed by atoms with E-state index < -0.39 is 5.60 Å². The van der Waals surface area contributed by atoms with Crippen LogP contribution in [0.2, 0.25) is 0 Å². The van der Waals surface area contributed by atoms with Gasteiger partial charge in [-0.1, -0.05) is 0 Å². The van der Waals surface area contributed by atoms with Crippen molar-refractivity contribution in [3.05, 3.63) is 23.8 Å². The normalized spacial score (nSPS) is 11.0. The molecule has 19 heavy (non-hydrogen) atoms. The van der Waals surface area contributed by atoms with Gasteiger partial charge in [0.25, 0.3) is 0 Å². The highest BCUT2D eigenvalue weighted by molar-refractivity contribution is 5.45. The van der Waals surface area contributed by atoms with Crippen LogP contribution < -0.4 is 11.5 Å². The summed E-state index contributed by atoms with van der Waals surface area (Å²) in [5.41, 5.74) is 13.4. The number of rotatable bonds is 2. The maximum absolute atomic E-state index is 9.38. The minimum absolute atomic E-state index is 0.462. The monoisotopic (exact) mass is 266 g/mol. The van der Waals surface area contributed by atoms with Gasteiger partial charge in [0.15, 0.2) is 0 Å². The Hall–Kier alpha value is -2.02. The van der Waals surface area contributed by atoms with Crippen LogP contribution in [0.25, 0.3) is 0 Å². The molecule has 0 radical (unpaired) electrons. The van der Waals surface area contributed by atoms with Crippen LogP contribution in [0.5, 0.6) is 0 Å². The average molecular weight is 266 g/mol. The molecule has 2 heterocycles. The van der Waals surface area contributed by atoms with Crippen molar-refractivity contribution in [2.24, 2.45) is 0 Å². The zero-order valence-corrected chi connectivity index (χ0v) is 11.8. The molecule has 0 amide bonds. The molecule has 7 nitrogen and oxygen atoms in total. The highest BCUT2D eigenvalue weighted by Gasteiger charge is 2.13. The molecule has 106 valence electrons. The predicted octanol–water partition coefficient (Wildman–Crippen LogP) is 0.845. The van der Waals surface area contributed by atoms with E-state index in [4.69, 9.17) is 11.5 Å². The summed E-state index contributed by atoms with van der Waals surface area (Å²) in [6.07, 6.45) is 3.25. The number of aryl methyl sites for hydroxylation is 2. The molecule has 0 aromatic carbocycles. The van der Waals surface area contributed by atoms with E-state index in [1.165, 1.54) is 0 Å². The van der Waals surface area contributed by atoms with E-state index in [1.807, 2.05) is 13.8 Å². The molecule has 0 aliphatic carbocycles. The van der Waals surface area contributed by atoms with Gasteiger partial charge in [-0.3, -0.25) is 9.78 Å². The standard InChI is InChI=1S/C7H13N3O.C5H9N3/c1-7(2,11)5-10-4-6(8)3-9-10;1-3-5(6)4(2)8-7-3/h3-4,11H,5,8H2,1-2H3;6H2,1-2H3,(H,7,8). The van der Waals surface area contributed by atoms with E-state index in [1.54, 1.807) is 30.9 Å². The van der Waals surface area contributed by atoms with Crippen LogP contribution in [0.1, 0.15) is 25.2 Å². The molecule has 2 rings (SSSR count). The Morgan fingerprint density at radius 1 is 1.37 bits per heavy atom. The number of nitrogen functional groups attached to an aromatic ring is 2. The average Bonchev–Trinajstić information content (AvgIpc) is 2.79. The van der Waals surface area contributed by atoms with Crippen molar-refractivity contribution >= 4 is 11.4 Å². The molecule has 0 aliphatic rings. The highest BCUT2D eigenvalue weighted by Crippen LogP contribution is 2.09. The first-order chi connectivity index (χ1) is 8.69. The van der Waals surface area contributed by atoms with Crippen molar-refractivity contribution in [3.63, 3.8) is 0 Å². The second kappa shape index (κ2) is 5.75. The fourth-order valence-electron chi connectivity index (χ4n) is 1.42. The van der Waals surface area contributed by atoms with Gasteiger partial charge < -0.3 is 16.6 Å². The summed E-state index contributed by atoms with van der Waals surface area (Å²) in [6.45, 7) is 7.69. The van der Waals surface area contributed by atoms with Crippen molar-refractivity contribution < 1.29 is 5.11 Å². The summed E-state index contributed by atoms with van der Waals surface area (Å²) in [6, 6.07) is 0. The molecule has 0 unspecified atom stereocenters. The summed E-state index contributed by atoms with van der Waals surface area (Å²) < 4.78 is 1.62. The number of H-pyrrole nitrogens is 1. The second-order valence-electron chi connectivity index (χ2n) is 5.13. The molecule has 7 heteroatoms. The van der Waals surface area contributed by atoms with Gasteiger partial charge in [0, 0.05) is 6.20 Å². The molecule has 0 aliphatic heterocycles. The van der Waals surface area contributed by atoms with Crippen LogP contribution in [0.15, 0.2) is 12.4 Å². The number of hydrogen-bond acceptors (Lipinski definition) is 5. The van der Waals surface area contributed by atoms with Crippen LogP contribution >= 0.6 is 0 Å². The molecule has 0 bridgehead atoms. The van der Waals surface area contributed by atoms with Gasteiger partial charge in [-0.2, -0.15) is 10.2 Å². The fourth-order valence-corrected chi connectivity index (χ4v) is 1.42. The summed E-state index contributed by atoms with van der Waals surface area (Å²) in [4.78, 5) is 0. The SMILES string of the molecule is CC(C)(O)Cn1cc(N)cn1.Cc1n[nH]c(C)c1N. The third-order valence-electron chi connectivity index (χ3n) is 2.39. The molecular formula is C12H22N6O. The molecule has 2 aromatic heterocycles. The van der Waals surface area contributed by atoms with Crippen molar-refractivity contribution in [1.29, 1.82) is 0 Å². The van der Waals surface area contributed by atoms with Crippen LogP contribution in [0, 0.1) is 13.8 Å². The van der Waals surface area contributed by atoms with Gasteiger partial charge in [-0.25, -0.2) is 0 Å². The minimum atomic E-state index is -0.738. The number of anilines is 2. The lowest BCUT2D eigenvalue weighted by Crippen LogP contribution is -2.26. The van der Waals surface area contributed by atoms with E-state index >= 15 is 0 Å². The van der Waals surface area contributed by atoms with Gasteiger partial charge in [-0.05, 0) is 27.7 Å².